The summed E-state index contributed by atoms with van der Waals surface area (Å²) in [5.74, 6) is -9.17. The van der Waals surface area contributed by atoms with E-state index in [9.17, 15) is 13.2 Å². The Morgan fingerprint density at radius 1 is 0.659 bits per heavy atom. The largest absolute Gasteiger partial charge is 0.493 e. The summed E-state index contributed by atoms with van der Waals surface area (Å²) in [5.41, 5.74) is -1.86. The van der Waals surface area contributed by atoms with Gasteiger partial charge in [-0.05, 0) is 36.0 Å². The van der Waals surface area contributed by atoms with Gasteiger partial charge in [-0.1, -0.05) is 53.9 Å². The second-order valence-corrected chi connectivity index (χ2v) is 10.8. The molecule has 242 valence electrons. The van der Waals surface area contributed by atoms with E-state index in [-0.39, 0.29) is 59.8 Å². The smallest absolute Gasteiger partial charge is 0.432 e. The minimum absolute atomic E-state index is 0.116. The molecular formula is C33H37F7O4. The summed E-state index contributed by atoms with van der Waals surface area (Å²) < 4.78 is 123. The molecule has 11 heteroatoms. The molecule has 0 amide bonds. The Hall–Kier alpha value is -3.63. The van der Waals surface area contributed by atoms with E-state index in [0.717, 1.165) is 25.7 Å². The first-order valence-corrected chi connectivity index (χ1v) is 14.6. The molecule has 0 heterocycles. The molecule has 0 N–H and O–H groups in total. The molecule has 2 atom stereocenters. The van der Waals surface area contributed by atoms with Crippen molar-refractivity contribution in [2.24, 2.45) is 11.8 Å². The topological polar surface area (TPSA) is 36.9 Å². The third-order valence-corrected chi connectivity index (χ3v) is 7.07. The van der Waals surface area contributed by atoms with Crippen molar-refractivity contribution in [2.45, 2.75) is 66.4 Å². The highest BCUT2D eigenvalue weighted by molar-refractivity contribution is 5.78. The lowest BCUT2D eigenvalue weighted by Gasteiger charge is -2.23. The average Bonchev–Trinajstić information content (AvgIpc) is 2.96. The Labute approximate surface area is 253 Å². The van der Waals surface area contributed by atoms with Gasteiger partial charge in [0, 0.05) is 24.3 Å². The number of ether oxygens (including phenoxy) is 4. The van der Waals surface area contributed by atoms with Crippen LogP contribution in [0.25, 0.3) is 11.1 Å². The number of hydrogen-bond acceptors (Lipinski definition) is 4. The fourth-order valence-electron chi connectivity index (χ4n) is 3.98. The monoisotopic (exact) mass is 630 g/mol. The van der Waals surface area contributed by atoms with Gasteiger partial charge < -0.3 is 18.9 Å². The van der Waals surface area contributed by atoms with E-state index in [0.29, 0.717) is 24.5 Å². The van der Waals surface area contributed by atoms with Crippen LogP contribution >= 0.6 is 0 Å². The maximum absolute atomic E-state index is 15.4. The normalized spacial score (nSPS) is 13.0. The fourth-order valence-corrected chi connectivity index (χ4v) is 3.98. The molecule has 0 aromatic heterocycles. The van der Waals surface area contributed by atoms with Gasteiger partial charge in [0.1, 0.15) is 40.2 Å². The van der Waals surface area contributed by atoms with Crippen LogP contribution in [0.1, 0.15) is 65.9 Å². The highest BCUT2D eigenvalue weighted by atomic mass is 19.3. The van der Waals surface area contributed by atoms with Gasteiger partial charge in [-0.25, -0.2) is 22.0 Å². The number of alkyl halides is 2. The summed E-state index contributed by atoms with van der Waals surface area (Å²) in [6.07, 6.45) is -1.49. The van der Waals surface area contributed by atoms with E-state index in [4.69, 9.17) is 14.2 Å². The molecule has 0 radical (unpaired) electrons. The van der Waals surface area contributed by atoms with Crippen LogP contribution in [0.5, 0.6) is 23.0 Å². The summed E-state index contributed by atoms with van der Waals surface area (Å²) in [6, 6.07) is 4.73. The molecule has 3 aromatic carbocycles. The number of halogens is 7. The zero-order valence-electron chi connectivity index (χ0n) is 25.3. The lowest BCUT2D eigenvalue weighted by atomic mass is 9.99. The van der Waals surface area contributed by atoms with E-state index in [1.165, 1.54) is 0 Å². The summed E-state index contributed by atoms with van der Waals surface area (Å²) in [4.78, 5) is 0. The van der Waals surface area contributed by atoms with Crippen LogP contribution in [-0.2, 0) is 6.11 Å². The van der Waals surface area contributed by atoms with Gasteiger partial charge in [-0.2, -0.15) is 8.78 Å². The lowest BCUT2D eigenvalue weighted by molar-refractivity contribution is -0.189. The molecule has 0 saturated heterocycles. The summed E-state index contributed by atoms with van der Waals surface area (Å²) in [6.45, 7) is 10.7. The maximum atomic E-state index is 15.4. The van der Waals surface area contributed by atoms with Crippen molar-refractivity contribution in [2.75, 3.05) is 19.8 Å². The number of unbranched alkanes of at least 4 members (excludes halogenated alkanes) is 1. The molecule has 0 aliphatic rings. The van der Waals surface area contributed by atoms with Gasteiger partial charge in [0.2, 0.25) is 0 Å². The molecule has 0 aliphatic heterocycles. The lowest BCUT2D eigenvalue weighted by Crippen LogP contribution is -2.25. The average molecular weight is 631 g/mol. The third kappa shape index (κ3) is 8.72. The second-order valence-electron chi connectivity index (χ2n) is 10.8. The van der Waals surface area contributed by atoms with Crippen molar-refractivity contribution >= 4 is 0 Å². The van der Waals surface area contributed by atoms with Gasteiger partial charge in [-0.15, -0.1) is 0 Å². The van der Waals surface area contributed by atoms with Crippen LogP contribution < -0.4 is 18.9 Å². The molecule has 4 nitrogen and oxygen atoms in total. The van der Waals surface area contributed by atoms with E-state index < -0.39 is 46.5 Å². The molecule has 0 aliphatic carbocycles. The summed E-state index contributed by atoms with van der Waals surface area (Å²) in [5, 5.41) is 0. The van der Waals surface area contributed by atoms with Crippen LogP contribution in [0, 0.1) is 40.9 Å². The van der Waals surface area contributed by atoms with Gasteiger partial charge in [0.15, 0.2) is 17.5 Å². The Morgan fingerprint density at radius 2 is 1.16 bits per heavy atom. The van der Waals surface area contributed by atoms with Crippen molar-refractivity contribution < 1.29 is 49.7 Å². The molecular weight excluding hydrogens is 593 g/mol. The van der Waals surface area contributed by atoms with Crippen LogP contribution in [0.4, 0.5) is 30.7 Å². The minimum Gasteiger partial charge on any atom is -0.493 e. The Bertz CT molecular complexity index is 1330. The molecule has 2 unspecified atom stereocenters. The van der Waals surface area contributed by atoms with Crippen molar-refractivity contribution in [1.29, 1.82) is 0 Å². The quantitative estimate of drug-likeness (QED) is 0.0897. The van der Waals surface area contributed by atoms with Gasteiger partial charge >= 0.3 is 6.11 Å². The predicted molar refractivity (Wildman–Crippen MR) is 153 cm³/mol. The number of benzene rings is 3. The molecule has 3 aromatic rings. The SMILES string of the molecule is CCCCOc1cc(OCC(C)CC)c(-c2cc(F)c(C(F)(F)Oc3cc(F)c(F)c(F)c3)c(F)c2)c(OCC(C)CC)c1. The van der Waals surface area contributed by atoms with E-state index >= 15 is 17.6 Å². The summed E-state index contributed by atoms with van der Waals surface area (Å²) in [7, 11) is 0. The Morgan fingerprint density at radius 3 is 1.61 bits per heavy atom. The van der Waals surface area contributed by atoms with Crippen LogP contribution in [-0.4, -0.2) is 19.8 Å². The molecule has 0 fully saturated rings. The zero-order valence-corrected chi connectivity index (χ0v) is 25.3. The zero-order chi connectivity index (χ0) is 32.6. The van der Waals surface area contributed by atoms with Gasteiger partial charge in [0.25, 0.3) is 0 Å². The Kier molecular flexibility index (Phi) is 12.2. The molecule has 44 heavy (non-hydrogen) atoms. The fraction of sp³-hybridized carbons (Fsp3) is 0.455. The maximum Gasteiger partial charge on any atom is 0.432 e. The standard InChI is InChI=1S/C33H37F7O4/c1-6-9-10-41-22-15-28(42-17-19(4)7-2)30(29(16-22)43-18-20(5)8-3)21-11-24(34)31(25(35)12-21)33(39,40)44-23-13-26(36)32(38)27(37)14-23/h11-16,19-20H,6-10,17-18H2,1-5H3. The number of rotatable bonds is 16. The van der Waals surface area contributed by atoms with Crippen LogP contribution in [0.3, 0.4) is 0 Å². The minimum atomic E-state index is -4.73. The Balaban J connectivity index is 2.13. The first-order valence-electron chi connectivity index (χ1n) is 14.6. The van der Waals surface area contributed by atoms with E-state index in [1.807, 2.05) is 34.6 Å². The predicted octanol–water partition coefficient (Wildman–Crippen LogP) is 10.2. The van der Waals surface area contributed by atoms with E-state index in [2.05, 4.69) is 4.74 Å². The van der Waals surface area contributed by atoms with Gasteiger partial charge in [0.05, 0.1) is 25.4 Å². The summed E-state index contributed by atoms with van der Waals surface area (Å²) >= 11 is 0. The molecule has 0 bridgehead atoms. The second kappa shape index (κ2) is 15.4. The highest BCUT2D eigenvalue weighted by Crippen LogP contribution is 2.45. The van der Waals surface area contributed by atoms with Crippen molar-refractivity contribution in [1.82, 2.24) is 0 Å². The molecule has 3 rings (SSSR count). The van der Waals surface area contributed by atoms with Crippen molar-refractivity contribution in [3.8, 4) is 34.1 Å². The highest BCUT2D eigenvalue weighted by Gasteiger charge is 2.42. The third-order valence-electron chi connectivity index (χ3n) is 7.07. The number of hydrogen-bond donors (Lipinski definition) is 0. The van der Waals surface area contributed by atoms with Crippen LogP contribution in [0.2, 0.25) is 0 Å². The molecule has 0 spiro atoms. The first-order chi connectivity index (χ1) is 20.8. The van der Waals surface area contributed by atoms with Crippen molar-refractivity contribution in [3.63, 3.8) is 0 Å². The molecule has 0 saturated carbocycles. The van der Waals surface area contributed by atoms with E-state index in [1.54, 1.807) is 12.1 Å². The van der Waals surface area contributed by atoms with Crippen molar-refractivity contribution in [3.05, 3.63) is 71.0 Å². The van der Waals surface area contributed by atoms with Gasteiger partial charge in [-0.3, -0.25) is 0 Å². The van der Waals surface area contributed by atoms with Crippen LogP contribution in [0.15, 0.2) is 36.4 Å². The first kappa shape index (κ1) is 34.9.